The first kappa shape index (κ1) is 14.2. The highest BCUT2D eigenvalue weighted by molar-refractivity contribution is 6.33. The molecule has 0 heterocycles. The first-order valence-electron chi connectivity index (χ1n) is 6.08. The van der Waals surface area contributed by atoms with Crippen molar-refractivity contribution in [3.05, 3.63) is 64.1 Å². The van der Waals surface area contributed by atoms with Crippen LogP contribution in [0.15, 0.2) is 48.5 Å². The molecule has 19 heavy (non-hydrogen) atoms. The lowest BCUT2D eigenvalue weighted by Crippen LogP contribution is -2.20. The van der Waals surface area contributed by atoms with Gasteiger partial charge in [0.25, 0.3) is 0 Å². The first-order valence-corrected chi connectivity index (χ1v) is 6.84. The van der Waals surface area contributed by atoms with Crippen LogP contribution < -0.4 is 10.1 Å². The van der Waals surface area contributed by atoms with E-state index >= 15 is 0 Å². The molecule has 0 aliphatic carbocycles. The normalized spacial score (nSPS) is 10.4. The standard InChI is InChI=1S/C15H15Cl2NO/c16-13-6-7-15(17)12(10-13)11-18-8-9-19-14-4-2-1-3-5-14/h1-7,10,18H,8-9,11H2. The van der Waals surface area contributed by atoms with Crippen LogP contribution in [-0.4, -0.2) is 13.2 Å². The van der Waals surface area contributed by atoms with Gasteiger partial charge in [-0.2, -0.15) is 0 Å². The molecule has 2 aromatic rings. The Kier molecular flexibility index (Phi) is 5.52. The van der Waals surface area contributed by atoms with Crippen LogP contribution in [0.3, 0.4) is 0 Å². The number of hydrogen-bond donors (Lipinski definition) is 1. The second kappa shape index (κ2) is 7.39. The first-order chi connectivity index (χ1) is 9.25. The molecule has 0 unspecified atom stereocenters. The van der Waals surface area contributed by atoms with Gasteiger partial charge in [-0.3, -0.25) is 0 Å². The van der Waals surface area contributed by atoms with Crippen LogP contribution in [0, 0.1) is 0 Å². The lowest BCUT2D eigenvalue weighted by atomic mass is 10.2. The largest absolute Gasteiger partial charge is 0.492 e. The maximum atomic E-state index is 6.08. The van der Waals surface area contributed by atoms with Crippen LogP contribution in [0.25, 0.3) is 0 Å². The van der Waals surface area contributed by atoms with E-state index in [0.717, 1.165) is 22.9 Å². The molecule has 0 radical (unpaired) electrons. The van der Waals surface area contributed by atoms with E-state index in [1.807, 2.05) is 36.4 Å². The van der Waals surface area contributed by atoms with Crippen LogP contribution in [0.5, 0.6) is 5.75 Å². The van der Waals surface area contributed by atoms with Crippen molar-refractivity contribution in [1.29, 1.82) is 0 Å². The third-order valence-corrected chi connectivity index (χ3v) is 3.22. The molecule has 0 spiro atoms. The molecule has 0 fully saturated rings. The van der Waals surface area contributed by atoms with Gasteiger partial charge in [-0.25, -0.2) is 0 Å². The molecule has 1 N–H and O–H groups in total. The molecular formula is C15H15Cl2NO. The van der Waals surface area contributed by atoms with Crippen LogP contribution >= 0.6 is 23.2 Å². The summed E-state index contributed by atoms with van der Waals surface area (Å²) in [6, 6.07) is 15.2. The summed E-state index contributed by atoms with van der Waals surface area (Å²) >= 11 is 12.0. The maximum Gasteiger partial charge on any atom is 0.119 e. The average Bonchev–Trinajstić information content (AvgIpc) is 2.43. The van der Waals surface area contributed by atoms with E-state index in [2.05, 4.69) is 5.32 Å². The summed E-state index contributed by atoms with van der Waals surface area (Å²) in [5.74, 6) is 0.880. The van der Waals surface area contributed by atoms with Crippen molar-refractivity contribution < 1.29 is 4.74 Å². The molecule has 100 valence electrons. The number of halogens is 2. The zero-order chi connectivity index (χ0) is 13.5. The van der Waals surface area contributed by atoms with E-state index in [4.69, 9.17) is 27.9 Å². The van der Waals surface area contributed by atoms with Crippen molar-refractivity contribution >= 4 is 23.2 Å². The molecule has 0 aliphatic rings. The van der Waals surface area contributed by atoms with Crippen molar-refractivity contribution in [2.75, 3.05) is 13.2 Å². The topological polar surface area (TPSA) is 21.3 Å². The summed E-state index contributed by atoms with van der Waals surface area (Å²) in [5.41, 5.74) is 0.994. The van der Waals surface area contributed by atoms with Crippen molar-refractivity contribution in [1.82, 2.24) is 5.32 Å². The molecule has 2 aromatic carbocycles. The van der Waals surface area contributed by atoms with Crippen LogP contribution in [0.4, 0.5) is 0 Å². The highest BCUT2D eigenvalue weighted by Crippen LogP contribution is 2.20. The molecule has 0 bridgehead atoms. The number of rotatable bonds is 6. The predicted molar refractivity (Wildman–Crippen MR) is 80.1 cm³/mol. The molecule has 0 atom stereocenters. The average molecular weight is 296 g/mol. The minimum Gasteiger partial charge on any atom is -0.492 e. The Balaban J connectivity index is 1.71. The van der Waals surface area contributed by atoms with Crippen molar-refractivity contribution in [3.8, 4) is 5.75 Å². The maximum absolute atomic E-state index is 6.08. The second-order valence-corrected chi connectivity index (χ2v) is 4.92. The van der Waals surface area contributed by atoms with Gasteiger partial charge in [-0.1, -0.05) is 41.4 Å². The predicted octanol–water partition coefficient (Wildman–Crippen LogP) is 4.16. The zero-order valence-electron chi connectivity index (χ0n) is 10.4. The molecule has 0 amide bonds. The smallest absolute Gasteiger partial charge is 0.119 e. The molecule has 0 saturated heterocycles. The molecule has 2 rings (SSSR count). The van der Waals surface area contributed by atoms with E-state index < -0.39 is 0 Å². The summed E-state index contributed by atoms with van der Waals surface area (Å²) in [7, 11) is 0. The fourth-order valence-corrected chi connectivity index (χ4v) is 2.04. The Hall–Kier alpha value is -1.22. The van der Waals surface area contributed by atoms with Crippen molar-refractivity contribution in [2.45, 2.75) is 6.54 Å². The summed E-state index contributed by atoms with van der Waals surface area (Å²) in [4.78, 5) is 0. The Morgan fingerprint density at radius 3 is 2.58 bits per heavy atom. The molecular weight excluding hydrogens is 281 g/mol. The Morgan fingerprint density at radius 2 is 1.79 bits per heavy atom. The zero-order valence-corrected chi connectivity index (χ0v) is 11.9. The number of hydrogen-bond acceptors (Lipinski definition) is 2. The van der Waals surface area contributed by atoms with Gasteiger partial charge in [0.05, 0.1) is 0 Å². The van der Waals surface area contributed by atoms with Gasteiger partial charge in [0.2, 0.25) is 0 Å². The molecule has 0 saturated carbocycles. The highest BCUT2D eigenvalue weighted by atomic mass is 35.5. The Morgan fingerprint density at radius 1 is 1.00 bits per heavy atom. The highest BCUT2D eigenvalue weighted by Gasteiger charge is 2.00. The van der Waals surface area contributed by atoms with E-state index in [1.54, 1.807) is 12.1 Å². The minimum absolute atomic E-state index is 0.613. The molecule has 0 aliphatic heterocycles. The molecule has 4 heteroatoms. The Bertz CT molecular complexity index is 517. The van der Waals surface area contributed by atoms with Gasteiger partial charge in [-0.15, -0.1) is 0 Å². The summed E-state index contributed by atoms with van der Waals surface area (Å²) < 4.78 is 5.58. The van der Waals surface area contributed by atoms with Crippen molar-refractivity contribution in [2.24, 2.45) is 0 Å². The lowest BCUT2D eigenvalue weighted by molar-refractivity contribution is 0.313. The van der Waals surface area contributed by atoms with Gasteiger partial charge in [0, 0.05) is 23.1 Å². The number of nitrogens with one attached hydrogen (secondary N) is 1. The SMILES string of the molecule is Clc1ccc(Cl)c(CNCCOc2ccccc2)c1. The fourth-order valence-electron chi connectivity index (χ4n) is 1.66. The summed E-state index contributed by atoms with van der Waals surface area (Å²) in [5, 5.41) is 4.69. The van der Waals surface area contributed by atoms with Gasteiger partial charge >= 0.3 is 0 Å². The lowest BCUT2D eigenvalue weighted by Gasteiger charge is -2.08. The molecule has 0 aromatic heterocycles. The molecule has 2 nitrogen and oxygen atoms in total. The minimum atomic E-state index is 0.613. The summed E-state index contributed by atoms with van der Waals surface area (Å²) in [6.07, 6.45) is 0. The van der Waals surface area contributed by atoms with Gasteiger partial charge in [-0.05, 0) is 35.9 Å². The number of benzene rings is 2. The van der Waals surface area contributed by atoms with Gasteiger partial charge < -0.3 is 10.1 Å². The third kappa shape index (κ3) is 4.75. The van der Waals surface area contributed by atoms with Crippen LogP contribution in [-0.2, 0) is 6.54 Å². The summed E-state index contributed by atoms with van der Waals surface area (Å²) in [6.45, 7) is 2.04. The monoisotopic (exact) mass is 295 g/mol. The van der Waals surface area contributed by atoms with Crippen molar-refractivity contribution in [3.63, 3.8) is 0 Å². The second-order valence-electron chi connectivity index (χ2n) is 4.07. The number of para-hydroxylation sites is 1. The van der Waals surface area contributed by atoms with Gasteiger partial charge in [0.1, 0.15) is 12.4 Å². The van der Waals surface area contributed by atoms with Crippen LogP contribution in [0.1, 0.15) is 5.56 Å². The van der Waals surface area contributed by atoms with E-state index in [-0.39, 0.29) is 0 Å². The van der Waals surface area contributed by atoms with Gasteiger partial charge in [0.15, 0.2) is 0 Å². The van der Waals surface area contributed by atoms with E-state index in [0.29, 0.717) is 18.2 Å². The number of ether oxygens (including phenoxy) is 1. The van der Waals surface area contributed by atoms with E-state index in [9.17, 15) is 0 Å². The van der Waals surface area contributed by atoms with E-state index in [1.165, 1.54) is 0 Å². The fraction of sp³-hybridized carbons (Fsp3) is 0.200. The quantitative estimate of drug-likeness (QED) is 0.808. The Labute approximate surface area is 123 Å². The third-order valence-electron chi connectivity index (χ3n) is 2.61. The van der Waals surface area contributed by atoms with Crippen LogP contribution in [0.2, 0.25) is 10.0 Å².